The van der Waals surface area contributed by atoms with Crippen molar-refractivity contribution in [3.8, 4) is 0 Å². The Hall–Kier alpha value is 0.361. The molecular formula is C5H7N3Sr. The van der Waals surface area contributed by atoms with Crippen molar-refractivity contribution in [1.82, 2.24) is 9.97 Å². The van der Waals surface area contributed by atoms with Crippen LogP contribution in [0.3, 0.4) is 0 Å². The Bertz CT molecular complexity index is 234. The van der Waals surface area contributed by atoms with E-state index in [1.165, 1.54) is 0 Å². The second kappa shape index (κ2) is 4.22. The molecule has 0 fully saturated rings. The predicted molar refractivity (Wildman–Crippen MR) is 34.9 cm³/mol. The zero-order chi connectivity index (χ0) is 5.98. The first-order valence-corrected chi connectivity index (χ1v) is 2.27. The molecule has 0 aliphatic heterocycles. The summed E-state index contributed by atoms with van der Waals surface area (Å²) in [4.78, 5) is 6.24. The summed E-state index contributed by atoms with van der Waals surface area (Å²) in [5.41, 5.74) is 1.16. The topological polar surface area (TPSA) is 52.5 Å². The van der Waals surface area contributed by atoms with Gasteiger partial charge in [-0.15, -0.1) is 6.07 Å². The molecule has 3 nitrogen and oxygen atoms in total. The summed E-state index contributed by atoms with van der Waals surface area (Å²) in [7, 11) is 0. The van der Waals surface area contributed by atoms with Crippen LogP contribution in [-0.4, -0.2) is 55.4 Å². The molecule has 1 rings (SSSR count). The van der Waals surface area contributed by atoms with Crippen LogP contribution in [0.25, 0.3) is 0 Å². The largest absolute Gasteiger partial charge is 2.00 e. The Morgan fingerprint density at radius 3 is 2.89 bits per heavy atom. The second-order valence-corrected chi connectivity index (χ2v) is 1.56. The molecule has 0 spiro atoms. The van der Waals surface area contributed by atoms with E-state index in [0.29, 0.717) is 0 Å². The molecule has 9 heavy (non-hydrogen) atoms. The van der Waals surface area contributed by atoms with Gasteiger partial charge in [0.15, 0.2) is 0 Å². The Kier molecular flexibility index (Phi) is 4.39. The number of aromatic amines is 1. The van der Waals surface area contributed by atoms with Crippen molar-refractivity contribution in [3.63, 3.8) is 0 Å². The van der Waals surface area contributed by atoms with Gasteiger partial charge in [0.05, 0.1) is 0 Å². The zero-order valence-electron chi connectivity index (χ0n) is 6.23. The van der Waals surface area contributed by atoms with Gasteiger partial charge in [-0.25, -0.2) is 0 Å². The smallest absolute Gasteiger partial charge is 1.00 e. The monoisotopic (exact) mass is 197 g/mol. The van der Waals surface area contributed by atoms with Crippen LogP contribution in [0.5, 0.6) is 0 Å². The summed E-state index contributed by atoms with van der Waals surface area (Å²) in [5, 5.41) is 6.97. The maximum Gasteiger partial charge on any atom is 2.00 e. The second-order valence-electron chi connectivity index (χ2n) is 1.56. The predicted octanol–water partition coefficient (Wildman–Crippen LogP) is -0.271. The van der Waals surface area contributed by atoms with Gasteiger partial charge in [0, 0.05) is 11.8 Å². The SMILES string of the molecule is Cc1cc(=N)n[c-][nH]1.[H-].[Sr+2]. The fourth-order valence-corrected chi connectivity index (χ4v) is 0.450. The minimum Gasteiger partial charge on any atom is -1.00 e. The Morgan fingerprint density at radius 2 is 2.56 bits per heavy atom. The van der Waals surface area contributed by atoms with Crippen LogP contribution in [0.2, 0.25) is 0 Å². The average Bonchev–Trinajstić information content (AvgIpc) is 1.64. The molecule has 0 radical (unpaired) electrons. The number of aromatic nitrogens is 2. The van der Waals surface area contributed by atoms with Crippen molar-refractivity contribution in [1.29, 1.82) is 5.41 Å². The molecule has 2 N–H and O–H groups in total. The minimum absolute atomic E-state index is 0. The average molecular weight is 197 g/mol. The molecule has 4 heteroatoms. The van der Waals surface area contributed by atoms with Gasteiger partial charge in [-0.3, -0.25) is 0 Å². The van der Waals surface area contributed by atoms with Crippen LogP contribution in [0.15, 0.2) is 6.07 Å². The van der Waals surface area contributed by atoms with Crippen molar-refractivity contribution in [2.75, 3.05) is 0 Å². The first kappa shape index (κ1) is 9.36. The maximum absolute atomic E-state index is 6.97. The molecule has 1 aromatic rings. The molecule has 0 aromatic carbocycles. The van der Waals surface area contributed by atoms with Gasteiger partial charge < -0.3 is 16.8 Å². The minimum atomic E-state index is 0. The van der Waals surface area contributed by atoms with Crippen LogP contribution < -0.4 is 5.49 Å². The Labute approximate surface area is 91.8 Å². The van der Waals surface area contributed by atoms with Gasteiger partial charge >= 0.3 is 45.5 Å². The van der Waals surface area contributed by atoms with Crippen LogP contribution in [0.1, 0.15) is 7.12 Å². The number of rotatable bonds is 0. The van der Waals surface area contributed by atoms with E-state index >= 15 is 0 Å². The Morgan fingerprint density at radius 1 is 1.89 bits per heavy atom. The molecule has 0 unspecified atom stereocenters. The van der Waals surface area contributed by atoms with Crippen LogP contribution in [0, 0.1) is 18.7 Å². The van der Waals surface area contributed by atoms with E-state index in [-0.39, 0.29) is 52.4 Å². The number of nitrogens with one attached hydrogen (secondary N) is 2. The number of nitrogens with zero attached hydrogens (tertiary/aromatic N) is 1. The van der Waals surface area contributed by atoms with Crippen LogP contribution in [0.4, 0.5) is 0 Å². The molecule has 1 heterocycles. The van der Waals surface area contributed by atoms with E-state index < -0.39 is 0 Å². The molecule has 0 aliphatic carbocycles. The van der Waals surface area contributed by atoms with Crippen LogP contribution >= 0.6 is 0 Å². The van der Waals surface area contributed by atoms with Crippen molar-refractivity contribution in [2.45, 2.75) is 6.92 Å². The number of H-pyrrole nitrogens is 1. The number of hydrogen-bond donors (Lipinski definition) is 2. The fraction of sp³-hybridized carbons (Fsp3) is 0.200. The molecule has 0 bridgehead atoms. The molecule has 0 atom stereocenters. The molecule has 0 amide bonds. The van der Waals surface area contributed by atoms with E-state index in [4.69, 9.17) is 5.41 Å². The number of aryl methyl sites for hydroxylation is 1. The molecule has 0 saturated heterocycles. The van der Waals surface area contributed by atoms with Gasteiger partial charge in [0.25, 0.3) is 0 Å². The summed E-state index contributed by atoms with van der Waals surface area (Å²) in [6.07, 6.45) is 2.47. The summed E-state index contributed by atoms with van der Waals surface area (Å²) < 4.78 is 0. The van der Waals surface area contributed by atoms with Crippen LogP contribution in [-0.2, 0) is 0 Å². The molecular weight excluding hydrogens is 190 g/mol. The third kappa shape index (κ3) is 3.15. The van der Waals surface area contributed by atoms with Crippen molar-refractivity contribution in [3.05, 3.63) is 23.6 Å². The molecule has 0 saturated carbocycles. The van der Waals surface area contributed by atoms with Gasteiger partial charge in [-0.2, -0.15) is 0 Å². The maximum atomic E-state index is 6.97. The van der Waals surface area contributed by atoms with E-state index in [1.54, 1.807) is 6.07 Å². The number of hydrogen-bond acceptors (Lipinski definition) is 2. The summed E-state index contributed by atoms with van der Waals surface area (Å²) in [6, 6.07) is 1.64. The molecule has 44 valence electrons. The summed E-state index contributed by atoms with van der Waals surface area (Å²) >= 11 is 0. The fourth-order valence-electron chi connectivity index (χ4n) is 0.450. The van der Waals surface area contributed by atoms with E-state index in [1.807, 2.05) is 6.92 Å². The van der Waals surface area contributed by atoms with Gasteiger partial charge in [0.1, 0.15) is 0 Å². The molecule has 0 aliphatic rings. The molecule has 1 aromatic heterocycles. The van der Waals surface area contributed by atoms with Crippen molar-refractivity contribution < 1.29 is 1.43 Å². The third-order valence-electron chi connectivity index (χ3n) is 0.783. The summed E-state index contributed by atoms with van der Waals surface area (Å²) in [5.74, 6) is 0. The van der Waals surface area contributed by atoms with Crippen molar-refractivity contribution in [2.24, 2.45) is 0 Å². The van der Waals surface area contributed by atoms with Gasteiger partial charge in [-0.05, 0) is 0 Å². The normalized spacial score (nSPS) is 8.11. The van der Waals surface area contributed by atoms with Gasteiger partial charge in [0.2, 0.25) is 0 Å². The Balaban J connectivity index is 0. The first-order chi connectivity index (χ1) is 3.79. The quantitative estimate of drug-likeness (QED) is 0.436. The summed E-state index contributed by atoms with van der Waals surface area (Å²) in [6.45, 7) is 1.86. The standard InChI is InChI=1S/C5H6N3.Sr.H/c1-4-2-5(6)8-3-7-4;;/h2H,1H3,(H2,6,7,8);;/q-1;+2;-1. The van der Waals surface area contributed by atoms with E-state index in [9.17, 15) is 0 Å². The van der Waals surface area contributed by atoms with E-state index in [2.05, 4.69) is 16.3 Å². The zero-order valence-corrected chi connectivity index (χ0v) is 8.71. The third-order valence-corrected chi connectivity index (χ3v) is 0.783. The first-order valence-electron chi connectivity index (χ1n) is 2.27. The van der Waals surface area contributed by atoms with Crippen molar-refractivity contribution >= 4 is 45.5 Å². The van der Waals surface area contributed by atoms with E-state index in [0.717, 1.165) is 5.69 Å². The van der Waals surface area contributed by atoms with Gasteiger partial charge in [-0.1, -0.05) is 12.6 Å².